The number of hydrogen-bond donors (Lipinski definition) is 1. The molecule has 156 valence electrons. The zero-order chi connectivity index (χ0) is 20.2. The summed E-state index contributed by atoms with van der Waals surface area (Å²) >= 11 is 0. The highest BCUT2D eigenvalue weighted by Crippen LogP contribution is 2.67. The molecule has 4 aliphatic carbocycles. The normalized spacial score (nSPS) is 43.9. The van der Waals surface area contributed by atoms with Crippen LogP contribution in [0.2, 0.25) is 0 Å². The van der Waals surface area contributed by atoms with E-state index < -0.39 is 0 Å². The first-order valence-electron chi connectivity index (χ1n) is 11.9. The number of allylic oxidation sites excluding steroid dienone is 1. The van der Waals surface area contributed by atoms with Crippen molar-refractivity contribution in [1.29, 1.82) is 0 Å². The van der Waals surface area contributed by atoms with Gasteiger partial charge < -0.3 is 5.11 Å². The van der Waals surface area contributed by atoms with Gasteiger partial charge in [0.2, 0.25) is 0 Å². The average molecular weight is 393 g/mol. The summed E-state index contributed by atoms with van der Waals surface area (Å²) in [6.45, 7) is 4.84. The molecule has 5 rings (SSSR count). The molecule has 29 heavy (non-hydrogen) atoms. The first kappa shape index (κ1) is 19.5. The van der Waals surface area contributed by atoms with Crippen molar-refractivity contribution in [2.24, 2.45) is 34.5 Å². The van der Waals surface area contributed by atoms with E-state index in [1.807, 2.05) is 6.08 Å². The van der Waals surface area contributed by atoms with Crippen LogP contribution in [0.3, 0.4) is 0 Å². The molecule has 0 amide bonds. The molecule has 1 aromatic carbocycles. The second kappa shape index (κ2) is 7.08. The lowest BCUT2D eigenvalue weighted by atomic mass is 9.44. The number of rotatable bonds is 3. The Morgan fingerprint density at radius 1 is 1.03 bits per heavy atom. The minimum Gasteiger partial charge on any atom is -0.393 e. The Morgan fingerprint density at radius 2 is 1.83 bits per heavy atom. The van der Waals surface area contributed by atoms with Gasteiger partial charge in [-0.05, 0) is 97.5 Å². The summed E-state index contributed by atoms with van der Waals surface area (Å²) in [5, 5.41) is 10.8. The highest BCUT2D eigenvalue weighted by molar-refractivity contribution is 5.91. The second-order valence-corrected chi connectivity index (χ2v) is 11.0. The maximum Gasteiger partial charge on any atom is 0.155 e. The van der Waals surface area contributed by atoms with Gasteiger partial charge in [0.05, 0.1) is 6.10 Å². The Hall–Kier alpha value is -1.41. The maximum absolute atomic E-state index is 12.3. The van der Waals surface area contributed by atoms with Gasteiger partial charge in [-0.3, -0.25) is 4.79 Å². The van der Waals surface area contributed by atoms with E-state index in [2.05, 4.69) is 44.2 Å². The van der Waals surface area contributed by atoms with E-state index in [9.17, 15) is 9.90 Å². The lowest BCUT2D eigenvalue weighted by Crippen LogP contribution is -2.54. The summed E-state index contributed by atoms with van der Waals surface area (Å²) in [5.41, 5.74) is 3.19. The number of aryl methyl sites for hydroxylation is 1. The van der Waals surface area contributed by atoms with Crippen molar-refractivity contribution in [2.45, 2.75) is 77.7 Å². The summed E-state index contributed by atoms with van der Waals surface area (Å²) in [6, 6.07) is 10.9. The predicted octanol–water partition coefficient (Wildman–Crippen LogP) is 5.74. The van der Waals surface area contributed by atoms with Crippen LogP contribution in [0.5, 0.6) is 0 Å². The number of aliphatic hydroxyl groups excluding tert-OH is 1. The van der Waals surface area contributed by atoms with Crippen molar-refractivity contribution in [3.8, 4) is 0 Å². The van der Waals surface area contributed by atoms with Crippen LogP contribution in [-0.4, -0.2) is 17.0 Å². The largest absolute Gasteiger partial charge is 0.393 e. The minimum absolute atomic E-state index is 0.105. The van der Waals surface area contributed by atoms with Gasteiger partial charge in [0.15, 0.2) is 5.78 Å². The van der Waals surface area contributed by atoms with Crippen LogP contribution in [-0.2, 0) is 11.2 Å². The smallest absolute Gasteiger partial charge is 0.155 e. The van der Waals surface area contributed by atoms with E-state index in [4.69, 9.17) is 0 Å². The third kappa shape index (κ3) is 3.05. The number of ketones is 1. The van der Waals surface area contributed by atoms with Crippen LogP contribution in [0.15, 0.2) is 42.0 Å². The molecule has 0 spiro atoms. The van der Waals surface area contributed by atoms with Crippen LogP contribution in [0.4, 0.5) is 0 Å². The standard InChI is InChI=1S/C27H36O2/c1-26-14-12-21(28)17-20(26)16-19(9-8-18-6-4-3-5-7-18)25-22-10-11-24(29)27(22,2)15-13-23(25)26/h3-7,17,19,22-25,29H,8-16H2,1-2H3/t19-,22?,23?,24+,25?,26?,27?/m1/s1. The van der Waals surface area contributed by atoms with E-state index in [1.54, 1.807) is 0 Å². The van der Waals surface area contributed by atoms with E-state index in [0.29, 0.717) is 29.5 Å². The number of hydrogen-bond acceptors (Lipinski definition) is 2. The second-order valence-electron chi connectivity index (χ2n) is 11.0. The van der Waals surface area contributed by atoms with Gasteiger partial charge >= 0.3 is 0 Å². The molecule has 0 aliphatic heterocycles. The van der Waals surface area contributed by atoms with Gasteiger partial charge in [-0.25, -0.2) is 0 Å². The van der Waals surface area contributed by atoms with Gasteiger partial charge in [0, 0.05) is 6.42 Å². The van der Waals surface area contributed by atoms with Crippen LogP contribution in [0, 0.1) is 34.5 Å². The monoisotopic (exact) mass is 392 g/mol. The molecule has 2 heteroatoms. The molecular formula is C27H36O2. The van der Waals surface area contributed by atoms with E-state index >= 15 is 0 Å². The van der Waals surface area contributed by atoms with Crippen LogP contribution < -0.4 is 0 Å². The quantitative estimate of drug-likeness (QED) is 0.712. The molecule has 0 aromatic heterocycles. The first-order chi connectivity index (χ1) is 13.9. The molecule has 7 atom stereocenters. The zero-order valence-corrected chi connectivity index (χ0v) is 18.1. The Kier molecular flexibility index (Phi) is 4.77. The summed E-state index contributed by atoms with van der Waals surface area (Å²) < 4.78 is 0. The number of carbonyl (C=O) groups excluding carboxylic acids is 1. The SMILES string of the molecule is CC12CCC(=O)C=C1C[C@@H](CCc1ccccc1)C1C2CCC2(C)C1CC[C@@H]2O. The first-order valence-corrected chi connectivity index (χ1v) is 11.9. The number of benzene rings is 1. The topological polar surface area (TPSA) is 37.3 Å². The average Bonchev–Trinajstić information content (AvgIpc) is 3.02. The van der Waals surface area contributed by atoms with Gasteiger partial charge in [-0.2, -0.15) is 0 Å². The fourth-order valence-electron chi connectivity index (χ4n) is 7.97. The molecule has 5 unspecified atom stereocenters. The molecule has 3 saturated carbocycles. The predicted molar refractivity (Wildman–Crippen MR) is 116 cm³/mol. The Morgan fingerprint density at radius 3 is 2.62 bits per heavy atom. The molecule has 3 fully saturated rings. The fourth-order valence-corrected chi connectivity index (χ4v) is 7.97. The van der Waals surface area contributed by atoms with Gasteiger partial charge in [-0.15, -0.1) is 0 Å². The van der Waals surface area contributed by atoms with E-state index in [-0.39, 0.29) is 16.9 Å². The number of fused-ring (bicyclic) bond motifs is 5. The van der Waals surface area contributed by atoms with Crippen LogP contribution in [0.25, 0.3) is 0 Å². The molecule has 0 saturated heterocycles. The minimum atomic E-state index is -0.124. The molecule has 2 nitrogen and oxygen atoms in total. The van der Waals surface area contributed by atoms with Crippen molar-refractivity contribution >= 4 is 5.78 Å². The number of carbonyl (C=O) groups is 1. The van der Waals surface area contributed by atoms with Crippen molar-refractivity contribution < 1.29 is 9.90 Å². The van der Waals surface area contributed by atoms with Crippen molar-refractivity contribution in [1.82, 2.24) is 0 Å². The van der Waals surface area contributed by atoms with Gasteiger partial charge in [0.25, 0.3) is 0 Å². The summed E-state index contributed by atoms with van der Waals surface area (Å²) in [7, 11) is 0. The van der Waals surface area contributed by atoms with E-state index in [1.165, 1.54) is 30.4 Å². The molecule has 1 N–H and O–H groups in total. The van der Waals surface area contributed by atoms with Crippen molar-refractivity contribution in [3.05, 3.63) is 47.5 Å². The Balaban J connectivity index is 1.49. The summed E-state index contributed by atoms with van der Waals surface area (Å²) in [5.74, 6) is 3.01. The lowest BCUT2D eigenvalue weighted by Gasteiger charge is -2.60. The third-order valence-corrected chi connectivity index (χ3v) is 9.73. The molecule has 0 radical (unpaired) electrons. The van der Waals surface area contributed by atoms with Crippen molar-refractivity contribution in [2.75, 3.05) is 0 Å². The van der Waals surface area contributed by atoms with Gasteiger partial charge in [0.1, 0.15) is 0 Å². The molecule has 0 heterocycles. The van der Waals surface area contributed by atoms with Gasteiger partial charge in [-0.1, -0.05) is 49.8 Å². The van der Waals surface area contributed by atoms with E-state index in [0.717, 1.165) is 38.5 Å². The third-order valence-electron chi connectivity index (χ3n) is 9.73. The van der Waals surface area contributed by atoms with Crippen LogP contribution >= 0.6 is 0 Å². The zero-order valence-electron chi connectivity index (χ0n) is 18.1. The molecular weight excluding hydrogens is 356 g/mol. The highest BCUT2D eigenvalue weighted by Gasteiger charge is 2.60. The Bertz CT molecular complexity index is 811. The van der Waals surface area contributed by atoms with Crippen molar-refractivity contribution in [3.63, 3.8) is 0 Å². The maximum atomic E-state index is 12.3. The number of aliphatic hydroxyl groups is 1. The summed E-state index contributed by atoms with van der Waals surface area (Å²) in [6.07, 6.45) is 11.6. The molecule has 0 bridgehead atoms. The molecule has 1 aromatic rings. The lowest BCUT2D eigenvalue weighted by molar-refractivity contribution is -0.120. The van der Waals surface area contributed by atoms with Crippen LogP contribution in [0.1, 0.15) is 70.8 Å². The molecule has 4 aliphatic rings. The fraction of sp³-hybridized carbons (Fsp3) is 0.667. The summed E-state index contributed by atoms with van der Waals surface area (Å²) in [4.78, 5) is 12.3. The Labute approximate surface area is 175 Å². The highest BCUT2D eigenvalue weighted by atomic mass is 16.3.